The van der Waals surface area contributed by atoms with E-state index in [0.29, 0.717) is 35.0 Å². The van der Waals surface area contributed by atoms with Gasteiger partial charge in [0.15, 0.2) is 27.1 Å². The fourth-order valence-corrected chi connectivity index (χ4v) is 5.39. The standard InChI is InChI=1S/C28H34N8O3S/c1-6-21-23(24(18-8-9-18)33-15-32-21)25-31-14-22-27(35-25)36(17(5)16(3)4)28(37)26(34-22)30-12-19-10-11-20(13-29-19)40(38,39)7-2/h10-11,13-18H,6-9,12H2,1-5H3,(H,30,34)/t17-/m1/s1. The molecule has 210 valence electrons. The summed E-state index contributed by atoms with van der Waals surface area (Å²) >= 11 is 0. The Bertz CT molecular complexity index is 1710. The van der Waals surface area contributed by atoms with Gasteiger partial charge in [0.25, 0.3) is 5.56 Å². The molecule has 0 aromatic carbocycles. The molecule has 40 heavy (non-hydrogen) atoms. The van der Waals surface area contributed by atoms with Crippen molar-refractivity contribution in [1.82, 2.24) is 34.5 Å². The molecule has 11 nitrogen and oxygen atoms in total. The largest absolute Gasteiger partial charge is 0.360 e. The van der Waals surface area contributed by atoms with Gasteiger partial charge in [-0.2, -0.15) is 0 Å². The molecule has 0 bridgehead atoms. The van der Waals surface area contributed by atoms with E-state index >= 15 is 0 Å². The number of fused-ring (bicyclic) bond motifs is 1. The van der Waals surface area contributed by atoms with Gasteiger partial charge in [-0.05, 0) is 44.2 Å². The molecule has 4 heterocycles. The molecule has 1 fully saturated rings. The van der Waals surface area contributed by atoms with Crippen LogP contribution >= 0.6 is 0 Å². The molecule has 1 saturated carbocycles. The number of hydrogen-bond acceptors (Lipinski definition) is 10. The highest BCUT2D eigenvalue weighted by atomic mass is 32.2. The van der Waals surface area contributed by atoms with Crippen LogP contribution in [0.3, 0.4) is 0 Å². The van der Waals surface area contributed by atoms with Crippen molar-refractivity contribution in [2.45, 2.75) is 77.3 Å². The second-order valence-electron chi connectivity index (χ2n) is 10.5. The Balaban J connectivity index is 1.56. The van der Waals surface area contributed by atoms with Gasteiger partial charge in [0, 0.05) is 18.2 Å². The van der Waals surface area contributed by atoms with E-state index in [0.717, 1.165) is 29.8 Å². The maximum atomic E-state index is 13.8. The van der Waals surface area contributed by atoms with Gasteiger partial charge >= 0.3 is 0 Å². The molecule has 0 aliphatic heterocycles. The second-order valence-corrected chi connectivity index (χ2v) is 12.8. The van der Waals surface area contributed by atoms with E-state index in [2.05, 4.69) is 44.1 Å². The van der Waals surface area contributed by atoms with Gasteiger partial charge in [0.1, 0.15) is 11.8 Å². The van der Waals surface area contributed by atoms with Crippen molar-refractivity contribution in [2.75, 3.05) is 11.1 Å². The molecule has 1 aliphatic rings. The molecule has 0 saturated heterocycles. The van der Waals surface area contributed by atoms with Crippen LogP contribution in [-0.4, -0.2) is 48.6 Å². The zero-order valence-electron chi connectivity index (χ0n) is 23.4. The predicted molar refractivity (Wildman–Crippen MR) is 153 cm³/mol. The molecule has 0 radical (unpaired) electrons. The number of aryl methyl sites for hydroxylation is 1. The molecule has 0 amide bonds. The van der Waals surface area contributed by atoms with Crippen LogP contribution in [0.1, 0.15) is 76.5 Å². The number of pyridine rings is 1. The maximum Gasteiger partial charge on any atom is 0.295 e. The summed E-state index contributed by atoms with van der Waals surface area (Å²) in [6.07, 6.45) is 7.48. The van der Waals surface area contributed by atoms with E-state index in [1.54, 1.807) is 30.1 Å². The normalized spacial score (nSPS) is 14.6. The third kappa shape index (κ3) is 5.32. The average Bonchev–Trinajstić information content (AvgIpc) is 3.81. The molecule has 5 rings (SSSR count). The SMILES string of the molecule is CCc1ncnc(C2CC2)c1-c1ncc2nc(NCc3ccc(S(=O)(=O)CC)cn3)c(=O)n([C@H](C)C(C)C)c2n1. The smallest absolute Gasteiger partial charge is 0.295 e. The third-order valence-corrected chi connectivity index (χ3v) is 9.18. The first-order chi connectivity index (χ1) is 19.1. The highest BCUT2D eigenvalue weighted by molar-refractivity contribution is 7.91. The number of rotatable bonds is 10. The first-order valence-electron chi connectivity index (χ1n) is 13.7. The minimum atomic E-state index is -3.34. The van der Waals surface area contributed by atoms with Gasteiger partial charge in [-0.25, -0.2) is 33.3 Å². The summed E-state index contributed by atoms with van der Waals surface area (Å²) in [5.74, 6) is 1.19. The van der Waals surface area contributed by atoms with Crippen molar-refractivity contribution < 1.29 is 8.42 Å². The fraction of sp³-hybridized carbons (Fsp3) is 0.464. The molecule has 12 heteroatoms. The fourth-order valence-electron chi connectivity index (χ4n) is 4.57. The van der Waals surface area contributed by atoms with Crippen LogP contribution in [0.2, 0.25) is 0 Å². The first kappa shape index (κ1) is 27.8. The van der Waals surface area contributed by atoms with E-state index in [9.17, 15) is 13.2 Å². The lowest BCUT2D eigenvalue weighted by atomic mass is 10.1. The average molecular weight is 563 g/mol. The Morgan fingerprint density at radius 2 is 1.80 bits per heavy atom. The Morgan fingerprint density at radius 1 is 1.02 bits per heavy atom. The first-order valence-corrected chi connectivity index (χ1v) is 15.3. The molecule has 1 N–H and O–H groups in total. The summed E-state index contributed by atoms with van der Waals surface area (Å²) in [6, 6.07) is 2.99. The Kier molecular flexibility index (Phi) is 7.63. The second kappa shape index (κ2) is 11.0. The molecular weight excluding hydrogens is 528 g/mol. The highest BCUT2D eigenvalue weighted by Gasteiger charge is 2.31. The number of anilines is 1. The zero-order valence-corrected chi connectivity index (χ0v) is 24.2. The highest BCUT2D eigenvalue weighted by Crippen LogP contribution is 2.43. The van der Waals surface area contributed by atoms with Crippen molar-refractivity contribution in [3.8, 4) is 11.4 Å². The molecule has 0 unspecified atom stereocenters. The monoisotopic (exact) mass is 562 g/mol. The summed E-state index contributed by atoms with van der Waals surface area (Å²) in [7, 11) is -3.34. The van der Waals surface area contributed by atoms with Crippen LogP contribution in [0.15, 0.2) is 40.5 Å². The minimum absolute atomic E-state index is 0.00357. The van der Waals surface area contributed by atoms with Crippen molar-refractivity contribution in [3.63, 3.8) is 0 Å². The molecule has 0 spiro atoms. The lowest BCUT2D eigenvalue weighted by molar-refractivity contribution is 0.406. The van der Waals surface area contributed by atoms with Crippen LogP contribution in [0.25, 0.3) is 22.6 Å². The number of aromatic nitrogens is 7. The van der Waals surface area contributed by atoms with Gasteiger partial charge in [0.2, 0.25) is 0 Å². The summed E-state index contributed by atoms with van der Waals surface area (Å²) in [4.78, 5) is 41.4. The van der Waals surface area contributed by atoms with Gasteiger partial charge < -0.3 is 5.32 Å². The van der Waals surface area contributed by atoms with Crippen LogP contribution in [-0.2, 0) is 22.8 Å². The molecule has 1 aliphatic carbocycles. The predicted octanol–water partition coefficient (Wildman–Crippen LogP) is 4.10. The number of nitrogens with one attached hydrogen (secondary N) is 1. The summed E-state index contributed by atoms with van der Waals surface area (Å²) < 4.78 is 25.9. The summed E-state index contributed by atoms with van der Waals surface area (Å²) in [5.41, 5.74) is 3.93. The van der Waals surface area contributed by atoms with E-state index in [1.165, 1.54) is 12.3 Å². The molecule has 4 aromatic heterocycles. The zero-order chi connectivity index (χ0) is 28.6. The Hall–Kier alpha value is -3.80. The van der Waals surface area contributed by atoms with E-state index in [4.69, 9.17) is 4.98 Å². The number of hydrogen-bond donors (Lipinski definition) is 1. The van der Waals surface area contributed by atoms with Crippen LogP contribution in [0.4, 0.5) is 5.82 Å². The van der Waals surface area contributed by atoms with Crippen LogP contribution < -0.4 is 10.9 Å². The quantitative estimate of drug-likeness (QED) is 0.300. The third-order valence-electron chi connectivity index (χ3n) is 7.46. The van der Waals surface area contributed by atoms with Crippen molar-refractivity contribution in [3.05, 3.63) is 58.3 Å². The van der Waals surface area contributed by atoms with Crippen molar-refractivity contribution >= 4 is 26.8 Å². The lowest BCUT2D eigenvalue weighted by Gasteiger charge is -2.22. The molecule has 1 atom stereocenters. The van der Waals surface area contributed by atoms with Gasteiger partial charge in [-0.3, -0.25) is 14.3 Å². The van der Waals surface area contributed by atoms with Gasteiger partial charge in [-0.15, -0.1) is 0 Å². The van der Waals surface area contributed by atoms with Crippen molar-refractivity contribution in [2.24, 2.45) is 5.92 Å². The Labute approximate surface area is 233 Å². The maximum absolute atomic E-state index is 13.8. The lowest BCUT2D eigenvalue weighted by Crippen LogP contribution is -2.30. The Morgan fingerprint density at radius 3 is 2.42 bits per heavy atom. The summed E-state index contributed by atoms with van der Waals surface area (Å²) in [6.45, 7) is 9.93. The summed E-state index contributed by atoms with van der Waals surface area (Å²) in [5, 5.41) is 3.09. The number of sulfone groups is 1. The van der Waals surface area contributed by atoms with Crippen molar-refractivity contribution in [1.29, 1.82) is 0 Å². The van der Waals surface area contributed by atoms with Gasteiger partial charge in [0.05, 0.1) is 46.0 Å². The van der Waals surface area contributed by atoms with Gasteiger partial charge in [-0.1, -0.05) is 27.7 Å². The van der Waals surface area contributed by atoms with Crippen LogP contribution in [0.5, 0.6) is 0 Å². The van der Waals surface area contributed by atoms with E-state index in [-0.39, 0.29) is 40.5 Å². The topological polar surface area (TPSA) is 146 Å². The number of nitrogens with zero attached hydrogens (tertiary/aromatic N) is 7. The van der Waals surface area contributed by atoms with E-state index in [1.807, 2.05) is 13.8 Å². The molecular formula is C28H34N8O3S. The van der Waals surface area contributed by atoms with E-state index < -0.39 is 9.84 Å². The van der Waals surface area contributed by atoms with Crippen LogP contribution in [0, 0.1) is 5.92 Å². The molecule has 4 aromatic rings. The minimum Gasteiger partial charge on any atom is -0.360 e.